The predicted octanol–water partition coefficient (Wildman–Crippen LogP) is 4.65. The number of aromatic nitrogens is 1. The van der Waals surface area contributed by atoms with Gasteiger partial charge in [0, 0.05) is 7.05 Å². The van der Waals surface area contributed by atoms with Crippen LogP contribution in [0.1, 0.15) is 14.7 Å². The molecule has 0 saturated heterocycles. The van der Waals surface area contributed by atoms with E-state index in [2.05, 4.69) is 4.98 Å². The van der Waals surface area contributed by atoms with E-state index in [0.717, 1.165) is 15.8 Å². The Labute approximate surface area is 178 Å². The van der Waals surface area contributed by atoms with Crippen LogP contribution >= 0.6 is 11.3 Å². The molecule has 0 atom stereocenters. The van der Waals surface area contributed by atoms with Crippen LogP contribution in [0.3, 0.4) is 0 Å². The lowest BCUT2D eigenvalue weighted by Gasteiger charge is -2.20. The third-order valence-corrected chi connectivity index (χ3v) is 7.29. The number of benzene rings is 3. The van der Waals surface area contributed by atoms with Crippen molar-refractivity contribution in [2.45, 2.75) is 11.8 Å². The van der Waals surface area contributed by atoms with E-state index in [1.165, 1.54) is 28.9 Å². The van der Waals surface area contributed by atoms with E-state index in [9.17, 15) is 13.2 Å². The molecule has 1 aromatic heterocycles. The fraction of sp³-hybridized carbons (Fsp3) is 0.0909. The summed E-state index contributed by atoms with van der Waals surface area (Å²) in [4.78, 5) is 16.8. The number of thiazole rings is 1. The van der Waals surface area contributed by atoms with Crippen LogP contribution in [0.15, 0.2) is 77.8 Å². The Bertz CT molecular complexity index is 1330. The fourth-order valence-electron chi connectivity index (χ4n) is 2.96. The van der Waals surface area contributed by atoms with Crippen molar-refractivity contribution in [2.24, 2.45) is 0 Å². The van der Waals surface area contributed by atoms with E-state index in [4.69, 9.17) is 4.74 Å². The van der Waals surface area contributed by atoms with Gasteiger partial charge in [-0.15, -0.1) is 11.3 Å². The van der Waals surface area contributed by atoms with Crippen molar-refractivity contribution in [3.05, 3.63) is 82.8 Å². The molecule has 1 heterocycles. The molecule has 0 amide bonds. The first kappa shape index (κ1) is 20.1. The van der Waals surface area contributed by atoms with Gasteiger partial charge < -0.3 is 4.74 Å². The Morgan fingerprint density at radius 1 is 1.00 bits per heavy atom. The number of aryl methyl sites for hydroxylation is 1. The summed E-state index contributed by atoms with van der Waals surface area (Å²) in [5, 5.41) is 2.60. The SMILES string of the molecule is Cc1ncc(C(=O)Oc2ccc(N(C)S(=O)(=O)c3ccc4ccccc4c3)cc2)s1. The minimum Gasteiger partial charge on any atom is -0.422 e. The molecule has 8 heteroatoms. The molecule has 30 heavy (non-hydrogen) atoms. The summed E-state index contributed by atoms with van der Waals surface area (Å²) in [6.45, 7) is 1.81. The number of hydrogen-bond acceptors (Lipinski definition) is 6. The lowest BCUT2D eigenvalue weighted by Crippen LogP contribution is -2.26. The maximum atomic E-state index is 13.1. The number of hydrogen-bond donors (Lipinski definition) is 0. The Morgan fingerprint density at radius 2 is 1.70 bits per heavy atom. The molecule has 3 aromatic carbocycles. The topological polar surface area (TPSA) is 76.6 Å². The highest BCUT2D eigenvalue weighted by atomic mass is 32.2. The number of rotatable bonds is 5. The fourth-order valence-corrected chi connectivity index (χ4v) is 4.85. The van der Waals surface area contributed by atoms with Crippen LogP contribution in [-0.2, 0) is 10.0 Å². The maximum Gasteiger partial charge on any atom is 0.355 e. The van der Waals surface area contributed by atoms with Gasteiger partial charge >= 0.3 is 5.97 Å². The molecule has 0 bridgehead atoms. The van der Waals surface area contributed by atoms with Gasteiger partial charge in [-0.1, -0.05) is 30.3 Å². The molecule has 0 radical (unpaired) electrons. The van der Waals surface area contributed by atoms with Crippen molar-refractivity contribution in [2.75, 3.05) is 11.4 Å². The van der Waals surface area contributed by atoms with Crippen LogP contribution in [0, 0.1) is 6.92 Å². The maximum absolute atomic E-state index is 13.1. The minimum atomic E-state index is -3.74. The van der Waals surface area contributed by atoms with E-state index in [0.29, 0.717) is 16.3 Å². The van der Waals surface area contributed by atoms with Crippen LogP contribution in [0.2, 0.25) is 0 Å². The molecule has 0 N–H and O–H groups in total. The zero-order valence-electron chi connectivity index (χ0n) is 16.3. The highest BCUT2D eigenvalue weighted by Gasteiger charge is 2.22. The molecule has 0 aliphatic rings. The van der Waals surface area contributed by atoms with Crippen LogP contribution in [0.25, 0.3) is 10.8 Å². The Hall–Kier alpha value is -3.23. The van der Waals surface area contributed by atoms with Gasteiger partial charge in [-0.25, -0.2) is 18.2 Å². The number of esters is 1. The van der Waals surface area contributed by atoms with Crippen molar-refractivity contribution in [1.82, 2.24) is 4.98 Å². The summed E-state index contributed by atoms with van der Waals surface area (Å²) < 4.78 is 32.7. The Morgan fingerprint density at radius 3 is 2.37 bits per heavy atom. The summed E-state index contributed by atoms with van der Waals surface area (Å²) in [5.74, 6) is -0.170. The van der Waals surface area contributed by atoms with Crippen molar-refractivity contribution in [3.8, 4) is 5.75 Å². The second kappa shape index (κ2) is 7.89. The van der Waals surface area contributed by atoms with E-state index < -0.39 is 16.0 Å². The monoisotopic (exact) mass is 438 g/mol. The number of carbonyl (C=O) groups excluding carboxylic acids is 1. The third kappa shape index (κ3) is 3.92. The molecule has 0 fully saturated rings. The Kier molecular flexibility index (Phi) is 5.27. The second-order valence-electron chi connectivity index (χ2n) is 6.61. The van der Waals surface area contributed by atoms with E-state index in [1.807, 2.05) is 31.2 Å². The quantitative estimate of drug-likeness (QED) is 0.335. The summed E-state index contributed by atoms with van der Waals surface area (Å²) >= 11 is 1.25. The van der Waals surface area contributed by atoms with Gasteiger partial charge in [0.15, 0.2) is 0 Å². The van der Waals surface area contributed by atoms with Crippen LogP contribution in [0.5, 0.6) is 5.75 Å². The smallest absolute Gasteiger partial charge is 0.355 e. The highest BCUT2D eigenvalue weighted by molar-refractivity contribution is 7.92. The van der Waals surface area contributed by atoms with Crippen LogP contribution < -0.4 is 9.04 Å². The molecule has 4 rings (SSSR count). The zero-order valence-corrected chi connectivity index (χ0v) is 17.9. The standard InChI is InChI=1S/C22H18N2O4S2/c1-15-23-14-21(29-15)22(25)28-19-10-8-18(9-11-19)24(2)30(26,27)20-12-7-16-5-3-4-6-17(16)13-20/h3-14H,1-2H3. The van der Waals surface area contributed by atoms with E-state index >= 15 is 0 Å². The summed E-state index contributed by atoms with van der Waals surface area (Å²) in [5.41, 5.74) is 0.455. The molecule has 0 unspecified atom stereocenters. The summed E-state index contributed by atoms with van der Waals surface area (Å²) in [6, 6.07) is 19.0. The highest BCUT2D eigenvalue weighted by Crippen LogP contribution is 2.27. The second-order valence-corrected chi connectivity index (χ2v) is 9.81. The number of carbonyl (C=O) groups is 1. The molecular formula is C22H18N2O4S2. The Balaban J connectivity index is 1.54. The van der Waals surface area contributed by atoms with Crippen LogP contribution in [-0.4, -0.2) is 26.4 Å². The average molecular weight is 439 g/mol. The van der Waals surface area contributed by atoms with Crippen molar-refractivity contribution in [3.63, 3.8) is 0 Å². The lowest BCUT2D eigenvalue weighted by molar-refractivity contribution is 0.0739. The summed E-state index contributed by atoms with van der Waals surface area (Å²) in [6.07, 6.45) is 1.47. The van der Waals surface area contributed by atoms with Gasteiger partial charge in [-0.3, -0.25) is 4.31 Å². The molecule has 4 aromatic rings. The molecule has 0 spiro atoms. The van der Waals surface area contributed by atoms with Gasteiger partial charge in [-0.2, -0.15) is 0 Å². The molecule has 6 nitrogen and oxygen atoms in total. The number of nitrogens with zero attached hydrogens (tertiary/aromatic N) is 2. The van der Waals surface area contributed by atoms with E-state index in [1.54, 1.807) is 42.5 Å². The van der Waals surface area contributed by atoms with Crippen molar-refractivity contribution < 1.29 is 17.9 Å². The van der Waals surface area contributed by atoms with Gasteiger partial charge in [0.2, 0.25) is 0 Å². The first-order valence-corrected chi connectivity index (χ1v) is 11.3. The summed E-state index contributed by atoms with van der Waals surface area (Å²) in [7, 11) is -2.25. The number of fused-ring (bicyclic) bond motifs is 1. The number of sulfonamides is 1. The van der Waals surface area contributed by atoms with Crippen LogP contribution in [0.4, 0.5) is 5.69 Å². The van der Waals surface area contributed by atoms with Gasteiger partial charge in [0.25, 0.3) is 10.0 Å². The molecule has 152 valence electrons. The minimum absolute atomic E-state index is 0.208. The lowest BCUT2D eigenvalue weighted by atomic mass is 10.1. The molecule has 0 aliphatic carbocycles. The van der Waals surface area contributed by atoms with Crippen molar-refractivity contribution >= 4 is 43.8 Å². The predicted molar refractivity (Wildman–Crippen MR) is 118 cm³/mol. The third-order valence-electron chi connectivity index (χ3n) is 4.61. The van der Waals surface area contributed by atoms with Gasteiger partial charge in [0.1, 0.15) is 10.6 Å². The van der Waals surface area contributed by atoms with Gasteiger partial charge in [-0.05, 0) is 54.1 Å². The van der Waals surface area contributed by atoms with E-state index in [-0.39, 0.29) is 4.90 Å². The van der Waals surface area contributed by atoms with Gasteiger partial charge in [0.05, 0.1) is 21.8 Å². The number of ether oxygens (including phenoxy) is 1. The normalized spacial score (nSPS) is 11.4. The molecule has 0 saturated carbocycles. The largest absolute Gasteiger partial charge is 0.422 e. The first-order valence-electron chi connectivity index (χ1n) is 9.07. The number of anilines is 1. The first-order chi connectivity index (χ1) is 14.3. The molecule has 0 aliphatic heterocycles. The molecular weight excluding hydrogens is 420 g/mol. The zero-order chi connectivity index (χ0) is 21.3. The van der Waals surface area contributed by atoms with Crippen molar-refractivity contribution in [1.29, 1.82) is 0 Å². The average Bonchev–Trinajstić information content (AvgIpc) is 3.20.